The van der Waals surface area contributed by atoms with Crippen molar-refractivity contribution in [3.8, 4) is 0 Å². The fourth-order valence-corrected chi connectivity index (χ4v) is 1.50. The number of hydrogen-bond donors (Lipinski definition) is 3. The van der Waals surface area contributed by atoms with E-state index in [2.05, 4.69) is 5.32 Å². The van der Waals surface area contributed by atoms with Crippen molar-refractivity contribution in [3.63, 3.8) is 0 Å². The average Bonchev–Trinajstić information content (AvgIpc) is 2.88. The standard InChI is InChI=1S/C13H14N2O3/c14-7-11-5-6-12(18-11)13(17)15-10-3-1-9(8-16)2-4-10/h1-6,16H,7-8,14H2,(H,15,17). The van der Waals surface area contributed by atoms with E-state index in [1.54, 1.807) is 36.4 Å². The second kappa shape index (κ2) is 5.48. The van der Waals surface area contributed by atoms with Crippen molar-refractivity contribution < 1.29 is 14.3 Å². The van der Waals surface area contributed by atoms with Crippen molar-refractivity contribution >= 4 is 11.6 Å². The van der Waals surface area contributed by atoms with Gasteiger partial charge in [-0.25, -0.2) is 0 Å². The summed E-state index contributed by atoms with van der Waals surface area (Å²) in [5.74, 6) is 0.462. The summed E-state index contributed by atoms with van der Waals surface area (Å²) < 4.78 is 5.23. The highest BCUT2D eigenvalue weighted by atomic mass is 16.4. The molecule has 0 radical (unpaired) electrons. The molecule has 0 fully saturated rings. The Balaban J connectivity index is 2.06. The first kappa shape index (κ1) is 12.3. The molecular weight excluding hydrogens is 232 g/mol. The van der Waals surface area contributed by atoms with Gasteiger partial charge in [0.2, 0.25) is 0 Å². The second-order valence-corrected chi connectivity index (χ2v) is 3.78. The fourth-order valence-electron chi connectivity index (χ4n) is 1.50. The molecule has 0 aliphatic carbocycles. The quantitative estimate of drug-likeness (QED) is 0.762. The lowest BCUT2D eigenvalue weighted by molar-refractivity contribution is 0.0995. The number of anilines is 1. The Kier molecular flexibility index (Phi) is 3.76. The van der Waals surface area contributed by atoms with Gasteiger partial charge in [0.05, 0.1) is 13.2 Å². The third-order valence-corrected chi connectivity index (χ3v) is 2.48. The maximum Gasteiger partial charge on any atom is 0.291 e. The Bertz CT molecular complexity index is 531. The molecule has 94 valence electrons. The first-order valence-electron chi connectivity index (χ1n) is 5.53. The number of hydrogen-bond acceptors (Lipinski definition) is 4. The van der Waals surface area contributed by atoms with Gasteiger partial charge in [0.1, 0.15) is 5.76 Å². The Morgan fingerprint density at radius 3 is 2.50 bits per heavy atom. The zero-order chi connectivity index (χ0) is 13.0. The van der Waals surface area contributed by atoms with Gasteiger partial charge in [-0.15, -0.1) is 0 Å². The van der Waals surface area contributed by atoms with Gasteiger partial charge in [-0.05, 0) is 29.8 Å². The summed E-state index contributed by atoms with van der Waals surface area (Å²) in [5, 5.41) is 11.6. The first-order valence-corrected chi connectivity index (χ1v) is 5.53. The lowest BCUT2D eigenvalue weighted by Gasteiger charge is -2.03. The van der Waals surface area contributed by atoms with Crippen LogP contribution < -0.4 is 11.1 Å². The van der Waals surface area contributed by atoms with Gasteiger partial charge in [0, 0.05) is 5.69 Å². The maximum absolute atomic E-state index is 11.8. The minimum atomic E-state index is -0.327. The molecule has 0 unspecified atom stereocenters. The second-order valence-electron chi connectivity index (χ2n) is 3.78. The molecule has 0 saturated heterocycles. The topological polar surface area (TPSA) is 88.5 Å². The minimum Gasteiger partial charge on any atom is -0.455 e. The van der Waals surface area contributed by atoms with E-state index in [1.807, 2.05) is 0 Å². The van der Waals surface area contributed by atoms with E-state index in [0.717, 1.165) is 5.56 Å². The van der Waals surface area contributed by atoms with Gasteiger partial charge in [-0.3, -0.25) is 4.79 Å². The number of nitrogens with one attached hydrogen (secondary N) is 1. The van der Waals surface area contributed by atoms with Crippen LogP contribution in [0.1, 0.15) is 21.9 Å². The van der Waals surface area contributed by atoms with E-state index in [-0.39, 0.29) is 24.8 Å². The fraction of sp³-hybridized carbons (Fsp3) is 0.154. The smallest absolute Gasteiger partial charge is 0.291 e. The molecular formula is C13H14N2O3. The first-order chi connectivity index (χ1) is 8.72. The number of carbonyl (C=O) groups is 1. The molecule has 5 nitrogen and oxygen atoms in total. The van der Waals surface area contributed by atoms with E-state index in [4.69, 9.17) is 15.3 Å². The van der Waals surface area contributed by atoms with Gasteiger partial charge in [0.25, 0.3) is 5.91 Å². The Labute approximate surface area is 104 Å². The van der Waals surface area contributed by atoms with Gasteiger partial charge in [-0.2, -0.15) is 0 Å². The van der Waals surface area contributed by atoms with Crippen LogP contribution in [0.3, 0.4) is 0 Å². The predicted molar refractivity (Wildman–Crippen MR) is 66.9 cm³/mol. The SMILES string of the molecule is NCc1ccc(C(=O)Nc2ccc(CO)cc2)o1. The van der Waals surface area contributed by atoms with Crippen LogP contribution in [0.15, 0.2) is 40.8 Å². The zero-order valence-corrected chi connectivity index (χ0v) is 9.72. The summed E-state index contributed by atoms with van der Waals surface area (Å²) in [7, 11) is 0. The molecule has 1 aromatic carbocycles. The van der Waals surface area contributed by atoms with Crippen molar-refractivity contribution in [1.82, 2.24) is 0 Å². The molecule has 0 spiro atoms. The average molecular weight is 246 g/mol. The Morgan fingerprint density at radius 2 is 1.94 bits per heavy atom. The van der Waals surface area contributed by atoms with E-state index in [1.165, 1.54) is 0 Å². The monoisotopic (exact) mass is 246 g/mol. The number of benzene rings is 1. The number of carbonyl (C=O) groups excluding carboxylic acids is 1. The number of aliphatic hydroxyl groups excluding tert-OH is 1. The summed E-state index contributed by atoms with van der Waals surface area (Å²) in [6, 6.07) is 10.2. The van der Waals surface area contributed by atoms with Crippen LogP contribution in [0.5, 0.6) is 0 Å². The summed E-state index contributed by atoms with van der Waals surface area (Å²) in [5.41, 5.74) is 6.83. The molecule has 0 atom stereocenters. The molecule has 18 heavy (non-hydrogen) atoms. The van der Waals surface area contributed by atoms with Crippen LogP contribution in [0.25, 0.3) is 0 Å². The summed E-state index contributed by atoms with van der Waals surface area (Å²) in [6.07, 6.45) is 0. The van der Waals surface area contributed by atoms with Crippen molar-refractivity contribution in [2.75, 3.05) is 5.32 Å². The number of amides is 1. The molecule has 5 heteroatoms. The third-order valence-electron chi connectivity index (χ3n) is 2.48. The van der Waals surface area contributed by atoms with Crippen molar-refractivity contribution in [1.29, 1.82) is 0 Å². The lowest BCUT2D eigenvalue weighted by atomic mass is 10.2. The van der Waals surface area contributed by atoms with E-state index < -0.39 is 0 Å². The maximum atomic E-state index is 11.8. The largest absolute Gasteiger partial charge is 0.455 e. The predicted octanol–water partition coefficient (Wildman–Crippen LogP) is 1.48. The zero-order valence-electron chi connectivity index (χ0n) is 9.72. The number of aliphatic hydroxyl groups is 1. The van der Waals surface area contributed by atoms with Crippen molar-refractivity contribution in [3.05, 3.63) is 53.5 Å². The molecule has 4 N–H and O–H groups in total. The summed E-state index contributed by atoms with van der Waals surface area (Å²) in [4.78, 5) is 11.8. The highest BCUT2D eigenvalue weighted by Crippen LogP contribution is 2.13. The molecule has 2 aromatic rings. The normalized spacial score (nSPS) is 10.3. The van der Waals surface area contributed by atoms with Crippen LogP contribution in [-0.2, 0) is 13.2 Å². The van der Waals surface area contributed by atoms with Gasteiger partial charge in [0.15, 0.2) is 5.76 Å². The minimum absolute atomic E-state index is 0.0216. The molecule has 2 rings (SSSR count). The Morgan fingerprint density at radius 1 is 1.22 bits per heavy atom. The van der Waals surface area contributed by atoms with Crippen molar-refractivity contribution in [2.24, 2.45) is 5.73 Å². The molecule has 1 aromatic heterocycles. The number of furan rings is 1. The molecule has 0 aliphatic heterocycles. The van der Waals surface area contributed by atoms with Crippen LogP contribution in [0.4, 0.5) is 5.69 Å². The van der Waals surface area contributed by atoms with Crippen LogP contribution in [0, 0.1) is 0 Å². The molecule has 1 amide bonds. The van der Waals surface area contributed by atoms with Crippen molar-refractivity contribution in [2.45, 2.75) is 13.2 Å². The van der Waals surface area contributed by atoms with Crippen LogP contribution in [-0.4, -0.2) is 11.0 Å². The van der Waals surface area contributed by atoms with Crippen LogP contribution in [0.2, 0.25) is 0 Å². The van der Waals surface area contributed by atoms with E-state index in [9.17, 15) is 4.79 Å². The lowest BCUT2D eigenvalue weighted by Crippen LogP contribution is -2.10. The molecule has 0 bridgehead atoms. The number of nitrogens with two attached hydrogens (primary N) is 1. The van der Waals surface area contributed by atoms with E-state index >= 15 is 0 Å². The highest BCUT2D eigenvalue weighted by Gasteiger charge is 2.10. The highest BCUT2D eigenvalue weighted by molar-refractivity contribution is 6.02. The van der Waals surface area contributed by atoms with E-state index in [0.29, 0.717) is 11.4 Å². The van der Waals surface area contributed by atoms with Crippen LogP contribution >= 0.6 is 0 Å². The number of rotatable bonds is 4. The molecule has 1 heterocycles. The molecule has 0 saturated carbocycles. The third kappa shape index (κ3) is 2.77. The Hall–Kier alpha value is -2.11. The van der Waals surface area contributed by atoms with Gasteiger partial charge in [-0.1, -0.05) is 12.1 Å². The van der Waals surface area contributed by atoms with Gasteiger partial charge < -0.3 is 20.6 Å². The summed E-state index contributed by atoms with van der Waals surface area (Å²) in [6.45, 7) is 0.241. The summed E-state index contributed by atoms with van der Waals surface area (Å²) >= 11 is 0. The van der Waals surface area contributed by atoms with Gasteiger partial charge >= 0.3 is 0 Å². The molecule has 0 aliphatic rings.